The van der Waals surface area contributed by atoms with Gasteiger partial charge in [0.25, 0.3) is 0 Å². The van der Waals surface area contributed by atoms with E-state index in [2.05, 4.69) is 137 Å². The van der Waals surface area contributed by atoms with Crippen LogP contribution in [0.1, 0.15) is 12.5 Å². The van der Waals surface area contributed by atoms with Crippen molar-refractivity contribution >= 4 is 55.1 Å². The highest BCUT2D eigenvalue weighted by molar-refractivity contribution is 6.09. The molecule has 0 N–H and O–H groups in total. The van der Waals surface area contributed by atoms with Crippen LogP contribution in [-0.4, -0.2) is 19.5 Å². The molecule has 11 rings (SSSR count). The zero-order valence-electron chi connectivity index (χ0n) is 30.9. The van der Waals surface area contributed by atoms with Gasteiger partial charge in [0.1, 0.15) is 11.2 Å². The van der Waals surface area contributed by atoms with Crippen LogP contribution in [0.3, 0.4) is 0 Å². The Morgan fingerprint density at radius 2 is 1.05 bits per heavy atom. The lowest BCUT2D eigenvalue weighted by Crippen LogP contribution is -2.18. The highest BCUT2D eigenvalue weighted by atomic mass is 16.3. The third-order valence-electron chi connectivity index (χ3n) is 10.9. The molecule has 1 aliphatic carbocycles. The zero-order valence-corrected chi connectivity index (χ0v) is 30.9. The predicted molar refractivity (Wildman–Crippen MR) is 232 cm³/mol. The number of para-hydroxylation sites is 3. The van der Waals surface area contributed by atoms with Crippen LogP contribution in [0.15, 0.2) is 204 Å². The summed E-state index contributed by atoms with van der Waals surface area (Å²) < 4.78 is 9.02. The van der Waals surface area contributed by atoms with Crippen molar-refractivity contribution in [2.45, 2.75) is 12.5 Å². The fraction of sp³-hybridized carbons (Fsp3) is 0.0392. The smallest absolute Gasteiger partial charge is 0.164 e. The molecule has 0 amide bonds. The Morgan fingerprint density at radius 3 is 1.67 bits per heavy atom. The van der Waals surface area contributed by atoms with Gasteiger partial charge in [-0.05, 0) is 67.1 Å². The molecule has 1 aliphatic rings. The summed E-state index contributed by atoms with van der Waals surface area (Å²) in [6.07, 6.45) is 7.86. The maximum atomic E-state index is 6.53. The number of fused-ring (bicyclic) bond motifs is 6. The molecule has 0 spiro atoms. The van der Waals surface area contributed by atoms with Crippen molar-refractivity contribution in [1.82, 2.24) is 19.5 Å². The van der Waals surface area contributed by atoms with Crippen molar-refractivity contribution < 1.29 is 4.42 Å². The normalized spacial score (nSPS) is 14.1. The second-order valence-electron chi connectivity index (χ2n) is 14.4. The van der Waals surface area contributed by atoms with E-state index in [1.54, 1.807) is 0 Å². The van der Waals surface area contributed by atoms with Crippen molar-refractivity contribution in [3.63, 3.8) is 0 Å². The lowest BCUT2D eigenvalue weighted by atomic mass is 10.0. The standard InChI is InChI=1S/C51H35N5O/c1-4-14-34(15-5-1)49-52-50(35-16-6-2-7-17-35)54-51(53-49)36-24-30-43-44-33-40(29-31-47(44)57-48(43)32-36)55(37-18-8-3-9-19-37)38-25-27-39(28-26-38)56-45-22-12-10-20-41(45)42-21-11-13-23-46(42)56/h1-27,29-33,39H,28H2. The van der Waals surface area contributed by atoms with Crippen LogP contribution in [-0.2, 0) is 0 Å². The molecule has 0 radical (unpaired) electrons. The summed E-state index contributed by atoms with van der Waals surface area (Å²) in [6, 6.07) is 61.0. The largest absolute Gasteiger partial charge is 0.456 e. The highest BCUT2D eigenvalue weighted by Crippen LogP contribution is 2.40. The monoisotopic (exact) mass is 733 g/mol. The maximum absolute atomic E-state index is 6.53. The van der Waals surface area contributed by atoms with Gasteiger partial charge < -0.3 is 13.9 Å². The first-order chi connectivity index (χ1) is 28.2. The van der Waals surface area contributed by atoms with Crippen LogP contribution in [0, 0.1) is 0 Å². The molecule has 0 fully saturated rings. The number of benzene rings is 7. The minimum absolute atomic E-state index is 0.197. The summed E-state index contributed by atoms with van der Waals surface area (Å²) in [5.41, 5.74) is 10.1. The van der Waals surface area contributed by atoms with E-state index >= 15 is 0 Å². The molecule has 7 aromatic carbocycles. The van der Waals surface area contributed by atoms with Gasteiger partial charge in [-0.15, -0.1) is 0 Å². The summed E-state index contributed by atoms with van der Waals surface area (Å²) in [4.78, 5) is 17.1. The van der Waals surface area contributed by atoms with Gasteiger partial charge in [0, 0.05) is 66.3 Å². The Morgan fingerprint density at radius 1 is 0.474 bits per heavy atom. The number of hydrogen-bond acceptors (Lipinski definition) is 5. The SMILES string of the molecule is C1=CC(n2c3ccccc3c3ccccc32)CC=C1N(c1ccccc1)c1ccc2oc3cc(-c4nc(-c5ccccc5)nc(-c5ccccc5)n4)ccc3c2c1. The fourth-order valence-corrected chi connectivity index (χ4v) is 8.27. The maximum Gasteiger partial charge on any atom is 0.164 e. The molecule has 10 aromatic rings. The van der Waals surface area contributed by atoms with E-state index in [1.807, 2.05) is 66.7 Å². The molecule has 0 saturated heterocycles. The van der Waals surface area contributed by atoms with E-state index in [-0.39, 0.29) is 6.04 Å². The summed E-state index contributed by atoms with van der Waals surface area (Å²) in [5.74, 6) is 1.85. The van der Waals surface area contributed by atoms with Crippen LogP contribution in [0.4, 0.5) is 11.4 Å². The molecule has 57 heavy (non-hydrogen) atoms. The molecule has 1 unspecified atom stereocenters. The van der Waals surface area contributed by atoms with Gasteiger partial charge >= 0.3 is 0 Å². The van der Waals surface area contributed by atoms with E-state index in [4.69, 9.17) is 19.4 Å². The average molecular weight is 734 g/mol. The van der Waals surface area contributed by atoms with Crippen LogP contribution in [0.5, 0.6) is 0 Å². The first-order valence-corrected chi connectivity index (χ1v) is 19.3. The summed E-state index contributed by atoms with van der Waals surface area (Å²) in [5, 5.41) is 4.65. The van der Waals surface area contributed by atoms with Gasteiger partial charge in [-0.1, -0.05) is 133 Å². The lowest BCUT2D eigenvalue weighted by Gasteiger charge is -2.29. The molecule has 270 valence electrons. The third-order valence-corrected chi connectivity index (χ3v) is 10.9. The molecule has 3 aromatic heterocycles. The van der Waals surface area contributed by atoms with E-state index in [9.17, 15) is 0 Å². The number of hydrogen-bond donors (Lipinski definition) is 0. The topological polar surface area (TPSA) is 60.0 Å². The quantitative estimate of drug-likeness (QED) is 0.163. The number of rotatable bonds is 7. The number of aromatic nitrogens is 4. The Kier molecular flexibility index (Phi) is 7.84. The molecule has 0 aliphatic heterocycles. The van der Waals surface area contributed by atoms with Gasteiger partial charge in [0.2, 0.25) is 0 Å². The van der Waals surface area contributed by atoms with Crippen molar-refractivity contribution in [2.75, 3.05) is 4.90 Å². The summed E-state index contributed by atoms with van der Waals surface area (Å²) in [7, 11) is 0. The van der Waals surface area contributed by atoms with Crippen LogP contribution in [0.25, 0.3) is 77.9 Å². The summed E-state index contributed by atoms with van der Waals surface area (Å²) >= 11 is 0. The molecule has 0 bridgehead atoms. The van der Waals surface area contributed by atoms with Crippen molar-refractivity contribution in [3.05, 3.63) is 200 Å². The van der Waals surface area contributed by atoms with Crippen molar-refractivity contribution in [1.29, 1.82) is 0 Å². The molecular weight excluding hydrogens is 699 g/mol. The number of nitrogens with zero attached hydrogens (tertiary/aromatic N) is 5. The van der Waals surface area contributed by atoms with Gasteiger partial charge in [-0.2, -0.15) is 0 Å². The van der Waals surface area contributed by atoms with Crippen LogP contribution >= 0.6 is 0 Å². The van der Waals surface area contributed by atoms with E-state index in [0.717, 1.165) is 62.1 Å². The van der Waals surface area contributed by atoms with Crippen molar-refractivity contribution in [2.24, 2.45) is 0 Å². The Hall–Kier alpha value is -7.57. The number of anilines is 2. The molecule has 3 heterocycles. The molecule has 1 atom stereocenters. The minimum Gasteiger partial charge on any atom is -0.456 e. The van der Waals surface area contributed by atoms with Crippen LogP contribution < -0.4 is 4.90 Å². The first kappa shape index (κ1) is 32.8. The fourth-order valence-electron chi connectivity index (χ4n) is 8.27. The third kappa shape index (κ3) is 5.78. The van der Waals surface area contributed by atoms with Gasteiger partial charge in [0.15, 0.2) is 17.5 Å². The van der Waals surface area contributed by atoms with Gasteiger partial charge in [-0.3, -0.25) is 0 Å². The van der Waals surface area contributed by atoms with Crippen LogP contribution in [0.2, 0.25) is 0 Å². The molecule has 0 saturated carbocycles. The first-order valence-electron chi connectivity index (χ1n) is 19.3. The van der Waals surface area contributed by atoms with Gasteiger partial charge in [0.05, 0.1) is 6.04 Å². The second kappa shape index (κ2) is 13.6. The zero-order chi connectivity index (χ0) is 37.7. The average Bonchev–Trinajstić information content (AvgIpc) is 3.83. The Balaban J connectivity index is 0.971. The highest BCUT2D eigenvalue weighted by Gasteiger charge is 2.22. The molecule has 6 heteroatoms. The van der Waals surface area contributed by atoms with Crippen molar-refractivity contribution in [3.8, 4) is 34.2 Å². The summed E-state index contributed by atoms with van der Waals surface area (Å²) in [6.45, 7) is 0. The predicted octanol–water partition coefficient (Wildman–Crippen LogP) is 13.1. The van der Waals surface area contributed by atoms with E-state index < -0.39 is 0 Å². The number of allylic oxidation sites excluding steroid dienone is 3. The van der Waals surface area contributed by atoms with E-state index in [0.29, 0.717) is 17.5 Å². The Bertz CT molecular complexity index is 3050. The second-order valence-corrected chi connectivity index (χ2v) is 14.4. The molecular formula is C51H35N5O. The van der Waals surface area contributed by atoms with Gasteiger partial charge in [-0.25, -0.2) is 15.0 Å². The van der Waals surface area contributed by atoms with E-state index in [1.165, 1.54) is 21.8 Å². The molecule has 6 nitrogen and oxygen atoms in total. The minimum atomic E-state index is 0.197. The lowest BCUT2D eigenvalue weighted by molar-refractivity contribution is 0.643. The number of furan rings is 1. The Labute approximate surface area is 329 Å².